The van der Waals surface area contributed by atoms with Gasteiger partial charge in [-0.3, -0.25) is 4.57 Å². The molecule has 0 bridgehead atoms. The summed E-state index contributed by atoms with van der Waals surface area (Å²) in [6.07, 6.45) is 0. The molecule has 17 heavy (non-hydrogen) atoms. The van der Waals surface area contributed by atoms with Crippen LogP contribution in [0.2, 0.25) is 5.02 Å². The summed E-state index contributed by atoms with van der Waals surface area (Å²) in [7, 11) is 0. The van der Waals surface area contributed by atoms with Crippen LogP contribution >= 0.6 is 11.6 Å². The van der Waals surface area contributed by atoms with E-state index in [9.17, 15) is 4.79 Å². The Hall–Kier alpha value is -1.61. The van der Waals surface area contributed by atoms with Gasteiger partial charge in [-0.25, -0.2) is 4.79 Å². The molecule has 0 saturated carbocycles. The van der Waals surface area contributed by atoms with E-state index in [4.69, 9.17) is 11.6 Å². The van der Waals surface area contributed by atoms with Crippen LogP contribution in [0.5, 0.6) is 0 Å². The van der Waals surface area contributed by atoms with Gasteiger partial charge >= 0.3 is 5.69 Å². The lowest BCUT2D eigenvalue weighted by Crippen LogP contribution is -2.24. The van der Waals surface area contributed by atoms with Crippen molar-refractivity contribution < 1.29 is 0 Å². The number of aromatic nitrogens is 2. The van der Waals surface area contributed by atoms with E-state index in [1.807, 2.05) is 39.0 Å². The number of halogens is 1. The van der Waals surface area contributed by atoms with Crippen LogP contribution in [0.3, 0.4) is 0 Å². The maximum absolute atomic E-state index is 11.9. The first-order chi connectivity index (χ1) is 7.99. The molecule has 3 nitrogen and oxygen atoms in total. The van der Waals surface area contributed by atoms with Crippen LogP contribution in [0.15, 0.2) is 29.1 Å². The Morgan fingerprint density at radius 3 is 2.47 bits per heavy atom. The molecule has 2 aromatic rings. The molecule has 0 unspecified atom stereocenters. The molecule has 0 N–H and O–H groups in total. The second kappa shape index (κ2) is 4.34. The van der Waals surface area contributed by atoms with Crippen molar-refractivity contribution in [2.24, 2.45) is 0 Å². The van der Waals surface area contributed by atoms with Gasteiger partial charge in [-0.15, -0.1) is 0 Å². The Bertz CT molecular complexity index is 632. The van der Waals surface area contributed by atoms with Crippen LogP contribution in [0.1, 0.15) is 17.0 Å². The molecule has 0 saturated heterocycles. The fourth-order valence-electron chi connectivity index (χ4n) is 1.91. The Labute approximate surface area is 105 Å². The highest BCUT2D eigenvalue weighted by molar-refractivity contribution is 6.30. The third-order valence-corrected chi connectivity index (χ3v) is 2.87. The zero-order chi connectivity index (χ0) is 12.6. The average Bonchev–Trinajstić information content (AvgIpc) is 2.19. The molecule has 0 amide bonds. The van der Waals surface area contributed by atoms with E-state index in [2.05, 4.69) is 4.98 Å². The molecule has 0 radical (unpaired) electrons. The van der Waals surface area contributed by atoms with Gasteiger partial charge < -0.3 is 0 Å². The highest BCUT2D eigenvalue weighted by Gasteiger charge is 2.08. The van der Waals surface area contributed by atoms with Gasteiger partial charge in [0.25, 0.3) is 0 Å². The number of hydrogen-bond acceptors (Lipinski definition) is 2. The lowest BCUT2D eigenvalue weighted by atomic mass is 10.2. The van der Waals surface area contributed by atoms with Gasteiger partial charge in [0.1, 0.15) is 0 Å². The van der Waals surface area contributed by atoms with Gasteiger partial charge in [-0.05, 0) is 50.6 Å². The van der Waals surface area contributed by atoms with Crippen molar-refractivity contribution in [2.75, 3.05) is 0 Å². The number of rotatable bonds is 1. The van der Waals surface area contributed by atoms with E-state index < -0.39 is 0 Å². The average molecular weight is 249 g/mol. The molecule has 1 heterocycles. The topological polar surface area (TPSA) is 34.9 Å². The van der Waals surface area contributed by atoms with Crippen LogP contribution in [0, 0.1) is 20.8 Å². The van der Waals surface area contributed by atoms with Crippen LogP contribution in [-0.2, 0) is 0 Å². The Kier molecular flexibility index (Phi) is 3.03. The summed E-state index contributed by atoms with van der Waals surface area (Å²) in [5.74, 6) is 0. The van der Waals surface area contributed by atoms with E-state index in [1.54, 1.807) is 10.6 Å². The van der Waals surface area contributed by atoms with E-state index in [0.717, 1.165) is 22.6 Å². The quantitative estimate of drug-likeness (QED) is 0.778. The molecule has 1 aromatic heterocycles. The summed E-state index contributed by atoms with van der Waals surface area (Å²) in [6, 6.07) is 7.33. The summed E-state index contributed by atoms with van der Waals surface area (Å²) in [5.41, 5.74) is 3.12. The summed E-state index contributed by atoms with van der Waals surface area (Å²) in [5, 5.41) is 0.664. The monoisotopic (exact) mass is 248 g/mol. The van der Waals surface area contributed by atoms with Crippen molar-refractivity contribution in [1.82, 2.24) is 9.55 Å². The molecule has 0 atom stereocenters. The normalized spacial score (nSPS) is 10.6. The maximum atomic E-state index is 11.9. The van der Waals surface area contributed by atoms with Crippen molar-refractivity contribution in [3.05, 3.63) is 56.7 Å². The molecule has 0 aliphatic rings. The summed E-state index contributed by atoms with van der Waals surface area (Å²) in [4.78, 5) is 15.9. The Balaban J connectivity index is 2.73. The molecule has 4 heteroatoms. The van der Waals surface area contributed by atoms with Crippen LogP contribution < -0.4 is 5.69 Å². The summed E-state index contributed by atoms with van der Waals surface area (Å²) in [6.45, 7) is 5.63. The minimum absolute atomic E-state index is 0.257. The minimum Gasteiger partial charge on any atom is -0.265 e. The maximum Gasteiger partial charge on any atom is 0.352 e. The zero-order valence-corrected chi connectivity index (χ0v) is 10.7. The molecular formula is C13H13ClN2O. The third-order valence-electron chi connectivity index (χ3n) is 2.63. The van der Waals surface area contributed by atoms with Gasteiger partial charge in [-0.2, -0.15) is 4.98 Å². The SMILES string of the molecule is Cc1cc(C)n(-c2ccc(Cl)cc2C)c(=O)n1. The lowest BCUT2D eigenvalue weighted by molar-refractivity contribution is 0.850. The van der Waals surface area contributed by atoms with Crippen LogP contribution in [0.4, 0.5) is 0 Å². The number of benzene rings is 1. The molecule has 0 spiro atoms. The summed E-state index contributed by atoms with van der Waals surface area (Å²) >= 11 is 5.91. The zero-order valence-electron chi connectivity index (χ0n) is 9.99. The Morgan fingerprint density at radius 1 is 1.18 bits per heavy atom. The van der Waals surface area contributed by atoms with Crippen LogP contribution in [0.25, 0.3) is 5.69 Å². The number of aryl methyl sites for hydroxylation is 3. The second-order valence-corrected chi connectivity index (χ2v) is 4.52. The predicted octanol–water partition coefficient (Wildman–Crippen LogP) is 2.81. The lowest BCUT2D eigenvalue weighted by Gasteiger charge is -2.12. The van der Waals surface area contributed by atoms with E-state index in [-0.39, 0.29) is 5.69 Å². The van der Waals surface area contributed by atoms with Gasteiger partial charge in [0.2, 0.25) is 0 Å². The predicted molar refractivity (Wildman–Crippen MR) is 69.1 cm³/mol. The first-order valence-electron chi connectivity index (χ1n) is 5.33. The van der Waals surface area contributed by atoms with Crippen molar-refractivity contribution >= 4 is 11.6 Å². The summed E-state index contributed by atoms with van der Waals surface area (Å²) < 4.78 is 1.60. The van der Waals surface area contributed by atoms with Crippen LogP contribution in [-0.4, -0.2) is 9.55 Å². The fraction of sp³-hybridized carbons (Fsp3) is 0.231. The van der Waals surface area contributed by atoms with Gasteiger partial charge in [-0.1, -0.05) is 11.6 Å². The standard InChI is InChI=1S/C13H13ClN2O/c1-8-6-11(14)4-5-12(8)16-10(3)7-9(2)15-13(16)17/h4-7H,1-3H3. The molecule has 0 fully saturated rings. The third kappa shape index (κ3) is 2.24. The van der Waals surface area contributed by atoms with E-state index in [0.29, 0.717) is 5.02 Å². The molecule has 0 aliphatic carbocycles. The fourth-order valence-corrected chi connectivity index (χ4v) is 2.14. The first-order valence-corrected chi connectivity index (χ1v) is 5.70. The molecule has 2 rings (SSSR count). The second-order valence-electron chi connectivity index (χ2n) is 4.09. The van der Waals surface area contributed by atoms with Crippen molar-refractivity contribution in [3.8, 4) is 5.69 Å². The smallest absolute Gasteiger partial charge is 0.265 e. The highest BCUT2D eigenvalue weighted by Crippen LogP contribution is 2.18. The molecular weight excluding hydrogens is 236 g/mol. The number of hydrogen-bond donors (Lipinski definition) is 0. The number of nitrogens with zero attached hydrogens (tertiary/aromatic N) is 2. The van der Waals surface area contributed by atoms with E-state index >= 15 is 0 Å². The van der Waals surface area contributed by atoms with Crippen molar-refractivity contribution in [1.29, 1.82) is 0 Å². The van der Waals surface area contributed by atoms with Crippen molar-refractivity contribution in [2.45, 2.75) is 20.8 Å². The first kappa shape index (κ1) is 11.9. The van der Waals surface area contributed by atoms with Crippen molar-refractivity contribution in [3.63, 3.8) is 0 Å². The largest absolute Gasteiger partial charge is 0.352 e. The van der Waals surface area contributed by atoms with Gasteiger partial charge in [0.05, 0.1) is 5.69 Å². The van der Waals surface area contributed by atoms with E-state index in [1.165, 1.54) is 0 Å². The van der Waals surface area contributed by atoms with Gasteiger partial charge in [0.15, 0.2) is 0 Å². The Morgan fingerprint density at radius 2 is 1.88 bits per heavy atom. The minimum atomic E-state index is -0.257. The molecule has 88 valence electrons. The van der Waals surface area contributed by atoms with Gasteiger partial charge in [0, 0.05) is 16.4 Å². The highest BCUT2D eigenvalue weighted by atomic mass is 35.5. The molecule has 0 aliphatic heterocycles. The molecule has 1 aromatic carbocycles.